The molecule has 1 heteroatoms. The summed E-state index contributed by atoms with van der Waals surface area (Å²) in [4.78, 5) is 0. The fourth-order valence-corrected chi connectivity index (χ4v) is 12.2. The zero-order chi connectivity index (χ0) is 19.4. The van der Waals surface area contributed by atoms with E-state index in [1.807, 2.05) is 0 Å². The highest BCUT2D eigenvalue weighted by Gasteiger charge is 2.51. The minimum absolute atomic E-state index is 0.596. The molecule has 0 unspecified atom stereocenters. The summed E-state index contributed by atoms with van der Waals surface area (Å²) in [6.07, 6.45) is 0. The summed E-state index contributed by atoms with van der Waals surface area (Å²) in [6.45, 7) is 21.5. The zero-order valence-electron chi connectivity index (χ0n) is 18.0. The van der Waals surface area contributed by atoms with Gasteiger partial charge in [0.25, 0.3) is 0 Å². The van der Waals surface area contributed by atoms with E-state index in [2.05, 4.69) is 92.3 Å². The Bertz CT molecular complexity index is 774. The van der Waals surface area contributed by atoms with Gasteiger partial charge in [-0.2, -0.15) is 0 Å². The highest BCUT2D eigenvalue weighted by Crippen LogP contribution is 2.56. The Kier molecular flexibility index (Phi) is 4.81. The predicted octanol–water partition coefficient (Wildman–Crippen LogP) is 7.09. The molecule has 26 heavy (non-hydrogen) atoms. The van der Waals surface area contributed by atoms with Gasteiger partial charge in [0.2, 0.25) is 0 Å². The third-order valence-corrected chi connectivity index (χ3v) is 13.5. The molecule has 138 valence electrons. The first kappa shape index (κ1) is 19.2. The number of rotatable bonds is 3. The van der Waals surface area contributed by atoms with Gasteiger partial charge >= 0.3 is 0 Å². The van der Waals surface area contributed by atoms with E-state index < -0.39 is 8.07 Å². The SMILES string of the molecule is CC1=C(C)C([Si](C)(c2ccccc2)C2C(C)=C(C)C(C)=C2C)C(C)=C1C. The summed E-state index contributed by atoms with van der Waals surface area (Å²) >= 11 is 0. The van der Waals surface area contributed by atoms with Gasteiger partial charge in [0.15, 0.2) is 0 Å². The average molecular weight is 363 g/mol. The first-order chi connectivity index (χ1) is 12.1. The monoisotopic (exact) mass is 362 g/mol. The molecule has 0 aliphatic heterocycles. The molecule has 0 spiro atoms. The fraction of sp³-hybridized carbons (Fsp3) is 0.440. The second-order valence-electron chi connectivity index (χ2n) is 8.75. The second kappa shape index (κ2) is 6.53. The van der Waals surface area contributed by atoms with Crippen molar-refractivity contribution in [2.75, 3.05) is 0 Å². The quantitative estimate of drug-likeness (QED) is 0.504. The van der Waals surface area contributed by atoms with Gasteiger partial charge in [0.05, 0.1) is 0 Å². The Morgan fingerprint density at radius 3 is 1.15 bits per heavy atom. The summed E-state index contributed by atoms with van der Waals surface area (Å²) < 4.78 is 0. The summed E-state index contributed by atoms with van der Waals surface area (Å²) in [5.74, 6) is 0. The Morgan fingerprint density at radius 2 is 0.846 bits per heavy atom. The minimum atomic E-state index is -1.91. The highest BCUT2D eigenvalue weighted by atomic mass is 28.3. The normalized spacial score (nSPS) is 20.3. The van der Waals surface area contributed by atoms with Gasteiger partial charge in [-0.05, 0) is 77.7 Å². The topological polar surface area (TPSA) is 0 Å². The molecule has 2 aliphatic carbocycles. The largest absolute Gasteiger partial charge is 0.106 e. The smallest absolute Gasteiger partial charge is 0.0653 e. The van der Waals surface area contributed by atoms with Crippen molar-refractivity contribution in [3.05, 3.63) is 74.9 Å². The van der Waals surface area contributed by atoms with Crippen LogP contribution in [0.3, 0.4) is 0 Å². The molecule has 2 aliphatic rings. The van der Waals surface area contributed by atoms with E-state index in [0.29, 0.717) is 11.1 Å². The van der Waals surface area contributed by atoms with Crippen molar-refractivity contribution in [3.63, 3.8) is 0 Å². The summed E-state index contributed by atoms with van der Waals surface area (Å²) in [5.41, 5.74) is 13.7. The molecule has 0 bridgehead atoms. The lowest BCUT2D eigenvalue weighted by molar-refractivity contribution is 0.985. The van der Waals surface area contributed by atoms with Gasteiger partial charge in [0.1, 0.15) is 8.07 Å². The summed E-state index contributed by atoms with van der Waals surface area (Å²) in [6, 6.07) is 11.4. The molecule has 0 radical (unpaired) electrons. The van der Waals surface area contributed by atoms with Gasteiger partial charge in [-0.25, -0.2) is 0 Å². The minimum Gasteiger partial charge on any atom is -0.0653 e. The van der Waals surface area contributed by atoms with Gasteiger partial charge in [-0.1, -0.05) is 64.4 Å². The van der Waals surface area contributed by atoms with Crippen molar-refractivity contribution >= 4 is 13.3 Å². The van der Waals surface area contributed by atoms with Crippen LogP contribution in [0.4, 0.5) is 0 Å². The van der Waals surface area contributed by atoms with Crippen molar-refractivity contribution in [2.45, 2.75) is 73.0 Å². The molecule has 0 atom stereocenters. The Labute approximate surface area is 161 Å². The molecule has 3 rings (SSSR count). The summed E-state index contributed by atoms with van der Waals surface area (Å²) in [7, 11) is -1.91. The first-order valence-electron chi connectivity index (χ1n) is 9.89. The van der Waals surface area contributed by atoms with Crippen LogP contribution in [-0.4, -0.2) is 8.07 Å². The molecule has 0 amide bonds. The maximum absolute atomic E-state index is 2.65. The first-order valence-corrected chi connectivity index (χ1v) is 12.5. The van der Waals surface area contributed by atoms with Crippen LogP contribution in [-0.2, 0) is 0 Å². The molecule has 0 nitrogen and oxygen atoms in total. The van der Waals surface area contributed by atoms with Gasteiger partial charge in [-0.15, -0.1) is 0 Å². The van der Waals surface area contributed by atoms with Crippen LogP contribution in [0.25, 0.3) is 0 Å². The molecule has 0 heterocycles. The number of hydrogen-bond acceptors (Lipinski definition) is 0. The average Bonchev–Trinajstić information content (AvgIpc) is 2.95. The van der Waals surface area contributed by atoms with Crippen molar-refractivity contribution in [1.29, 1.82) is 0 Å². The lowest BCUT2D eigenvalue weighted by Crippen LogP contribution is -2.53. The maximum Gasteiger partial charge on any atom is 0.106 e. The van der Waals surface area contributed by atoms with Crippen LogP contribution in [0, 0.1) is 0 Å². The van der Waals surface area contributed by atoms with Crippen molar-refractivity contribution in [3.8, 4) is 0 Å². The van der Waals surface area contributed by atoms with Gasteiger partial charge in [-0.3, -0.25) is 0 Å². The van der Waals surface area contributed by atoms with E-state index in [0.717, 1.165) is 0 Å². The molecular formula is C25H34Si. The molecule has 1 aromatic carbocycles. The van der Waals surface area contributed by atoms with E-state index in [9.17, 15) is 0 Å². The standard InChI is InChI=1S/C25H34Si/c1-15-16(2)20(6)24(19(15)5)26(9,23-13-11-10-12-14-23)25-21(7)17(3)18(4)22(25)8/h10-14,24-25H,1-9H3. The van der Waals surface area contributed by atoms with E-state index in [1.54, 1.807) is 27.5 Å². The zero-order valence-corrected chi connectivity index (χ0v) is 19.0. The van der Waals surface area contributed by atoms with Gasteiger partial charge in [0, 0.05) is 11.1 Å². The number of hydrogen-bond donors (Lipinski definition) is 0. The van der Waals surface area contributed by atoms with Crippen molar-refractivity contribution in [1.82, 2.24) is 0 Å². The molecule has 1 aromatic rings. The van der Waals surface area contributed by atoms with E-state index in [-0.39, 0.29) is 0 Å². The van der Waals surface area contributed by atoms with Crippen LogP contribution in [0.2, 0.25) is 17.6 Å². The van der Waals surface area contributed by atoms with E-state index >= 15 is 0 Å². The third kappa shape index (κ3) is 2.47. The Morgan fingerprint density at radius 1 is 0.538 bits per heavy atom. The second-order valence-corrected chi connectivity index (χ2v) is 13.0. The van der Waals surface area contributed by atoms with Gasteiger partial charge < -0.3 is 0 Å². The highest BCUT2D eigenvalue weighted by molar-refractivity contribution is 6.95. The lowest BCUT2D eigenvalue weighted by Gasteiger charge is -2.43. The third-order valence-electron chi connectivity index (χ3n) is 7.82. The number of benzene rings is 1. The number of allylic oxidation sites excluding steroid dienone is 8. The molecule has 0 fully saturated rings. The van der Waals surface area contributed by atoms with E-state index in [4.69, 9.17) is 0 Å². The van der Waals surface area contributed by atoms with Crippen LogP contribution >= 0.6 is 0 Å². The van der Waals surface area contributed by atoms with E-state index in [1.165, 1.54) is 22.3 Å². The fourth-order valence-electron chi connectivity index (χ4n) is 5.79. The van der Waals surface area contributed by atoms with Crippen LogP contribution in [0.5, 0.6) is 0 Å². The molecular weight excluding hydrogens is 328 g/mol. The van der Waals surface area contributed by atoms with Crippen LogP contribution in [0.1, 0.15) is 55.4 Å². The Balaban J connectivity index is 2.32. The van der Waals surface area contributed by atoms with Crippen molar-refractivity contribution < 1.29 is 0 Å². The molecule has 0 aromatic heterocycles. The summed E-state index contributed by atoms with van der Waals surface area (Å²) in [5, 5.41) is 1.59. The molecule has 0 saturated heterocycles. The lowest BCUT2D eigenvalue weighted by atomic mass is 10.1. The predicted molar refractivity (Wildman–Crippen MR) is 119 cm³/mol. The van der Waals surface area contributed by atoms with Crippen molar-refractivity contribution in [2.24, 2.45) is 0 Å². The molecule has 0 saturated carbocycles. The Hall–Kier alpha value is -1.60. The molecule has 0 N–H and O–H groups in total. The van der Waals surface area contributed by atoms with Crippen LogP contribution < -0.4 is 5.19 Å². The van der Waals surface area contributed by atoms with Crippen LogP contribution in [0.15, 0.2) is 74.9 Å². The maximum atomic E-state index is 2.65.